The van der Waals surface area contributed by atoms with E-state index in [0.717, 1.165) is 4.70 Å². The van der Waals surface area contributed by atoms with Crippen LogP contribution >= 0.6 is 11.3 Å². The number of thiazole rings is 1. The van der Waals surface area contributed by atoms with Crippen molar-refractivity contribution in [2.75, 3.05) is 36.5 Å². The van der Waals surface area contributed by atoms with Crippen molar-refractivity contribution in [3.8, 4) is 11.5 Å². The maximum atomic E-state index is 12.8. The van der Waals surface area contributed by atoms with Gasteiger partial charge in [0.05, 0.1) is 22.9 Å². The number of fused-ring (bicyclic) bond motifs is 1. The van der Waals surface area contributed by atoms with E-state index in [1.165, 1.54) is 17.4 Å². The molecule has 1 fully saturated rings. The van der Waals surface area contributed by atoms with Crippen molar-refractivity contribution in [1.29, 1.82) is 0 Å². The number of carbonyl (C=O) groups excluding carboxylic acids is 1. The van der Waals surface area contributed by atoms with Crippen LogP contribution in [0.5, 0.6) is 11.5 Å². The first-order chi connectivity index (χ1) is 15.3. The summed E-state index contributed by atoms with van der Waals surface area (Å²) in [6.07, 6.45) is 0.876. The van der Waals surface area contributed by atoms with Crippen molar-refractivity contribution >= 4 is 38.5 Å². The largest absolute Gasteiger partial charge is 0.508 e. The molecule has 0 radical (unpaired) electrons. The Balaban J connectivity index is 1.39. The first-order valence-corrected chi connectivity index (χ1v) is 11.0. The summed E-state index contributed by atoms with van der Waals surface area (Å²) in [4.78, 5) is 25.1. The van der Waals surface area contributed by atoms with Crippen molar-refractivity contribution in [3.63, 3.8) is 0 Å². The van der Waals surface area contributed by atoms with Crippen LogP contribution in [0.15, 0.2) is 30.5 Å². The average Bonchev–Trinajstić information content (AvgIpc) is 3.14. The smallest absolute Gasteiger partial charge is 0.324 e. The zero-order valence-electron chi connectivity index (χ0n) is 17.5. The molecule has 0 saturated carbocycles. The fourth-order valence-corrected chi connectivity index (χ4v) is 4.65. The predicted octanol–water partition coefficient (Wildman–Crippen LogP) is 1.74. The predicted molar refractivity (Wildman–Crippen MR) is 121 cm³/mol. The van der Waals surface area contributed by atoms with Gasteiger partial charge in [-0.3, -0.25) is 5.32 Å². The number of carbonyl (C=O) groups is 1. The fraction of sp³-hybridized carbons (Fsp3) is 0.381. The Bertz CT molecular complexity index is 1120. The standard InChI is InChI=1S/C21H25N5O5S/c1-12-10-25(19-17(30)7-13(9-22-19)6-15(29)11-27)4-5-26(12)21(31)24-20-23-16-3-2-14(28)8-18(16)32-20/h2-3,7-9,12,15,27-30H,4-6,10-11H2,1H3,(H,23,24,31)/t12-,15-/m0/s1. The molecular formula is C21H25N5O5S. The molecule has 32 heavy (non-hydrogen) atoms. The van der Waals surface area contributed by atoms with Crippen molar-refractivity contribution < 1.29 is 25.2 Å². The van der Waals surface area contributed by atoms with E-state index in [1.54, 1.807) is 29.3 Å². The molecule has 2 amide bonds. The fourth-order valence-electron chi connectivity index (χ4n) is 3.76. The topological polar surface area (TPSA) is 142 Å². The zero-order valence-corrected chi connectivity index (χ0v) is 18.3. The summed E-state index contributed by atoms with van der Waals surface area (Å²) in [6, 6.07) is 6.01. The van der Waals surface area contributed by atoms with E-state index in [2.05, 4.69) is 15.3 Å². The van der Waals surface area contributed by atoms with Gasteiger partial charge in [-0.05, 0) is 36.8 Å². The quantitative estimate of drug-likeness (QED) is 0.388. The first-order valence-electron chi connectivity index (χ1n) is 10.2. The molecule has 4 rings (SSSR count). The second kappa shape index (κ2) is 9.15. The minimum absolute atomic E-state index is 0.00419. The molecular weight excluding hydrogens is 434 g/mol. The summed E-state index contributed by atoms with van der Waals surface area (Å²) >= 11 is 1.29. The highest BCUT2D eigenvalue weighted by Crippen LogP contribution is 2.30. The van der Waals surface area contributed by atoms with Gasteiger partial charge in [0.1, 0.15) is 5.75 Å². The van der Waals surface area contributed by atoms with E-state index in [0.29, 0.717) is 41.7 Å². The average molecular weight is 460 g/mol. The van der Waals surface area contributed by atoms with Gasteiger partial charge in [-0.15, -0.1) is 0 Å². The lowest BCUT2D eigenvalue weighted by Crippen LogP contribution is -2.55. The lowest BCUT2D eigenvalue weighted by Gasteiger charge is -2.40. The summed E-state index contributed by atoms with van der Waals surface area (Å²) in [7, 11) is 0. The summed E-state index contributed by atoms with van der Waals surface area (Å²) < 4.78 is 0.787. The minimum atomic E-state index is -0.898. The SMILES string of the molecule is C[C@H]1CN(c2ncc(C[C@H](O)CO)cc2O)CCN1C(=O)Nc1nc2ccc(O)cc2s1. The van der Waals surface area contributed by atoms with Crippen LogP contribution in [0.1, 0.15) is 12.5 Å². The second-order valence-electron chi connectivity index (χ2n) is 7.82. The van der Waals surface area contributed by atoms with E-state index >= 15 is 0 Å². The lowest BCUT2D eigenvalue weighted by molar-refractivity contribution is 0.0954. The van der Waals surface area contributed by atoms with Crippen molar-refractivity contribution in [3.05, 3.63) is 36.0 Å². The summed E-state index contributed by atoms with van der Waals surface area (Å²) in [6.45, 7) is 2.98. The number of nitrogens with one attached hydrogen (secondary N) is 1. The number of aromatic nitrogens is 2. The van der Waals surface area contributed by atoms with Crippen LogP contribution < -0.4 is 10.2 Å². The Morgan fingerprint density at radius 2 is 2.12 bits per heavy atom. The van der Waals surface area contributed by atoms with Crippen molar-refractivity contribution in [2.24, 2.45) is 0 Å². The van der Waals surface area contributed by atoms with Crippen LogP contribution in [0, 0.1) is 0 Å². The Morgan fingerprint density at radius 1 is 1.31 bits per heavy atom. The van der Waals surface area contributed by atoms with Crippen molar-refractivity contribution in [2.45, 2.75) is 25.5 Å². The number of phenols is 1. The number of aliphatic hydroxyl groups is 2. The highest BCUT2D eigenvalue weighted by molar-refractivity contribution is 7.22. The lowest BCUT2D eigenvalue weighted by atomic mass is 10.1. The van der Waals surface area contributed by atoms with Gasteiger partial charge in [0, 0.05) is 38.3 Å². The summed E-state index contributed by atoms with van der Waals surface area (Å²) in [5.74, 6) is 0.568. The van der Waals surface area contributed by atoms with Crippen molar-refractivity contribution in [1.82, 2.24) is 14.9 Å². The number of phenolic OH excluding ortho intramolecular Hbond substituents is 1. The molecule has 2 aromatic heterocycles. The number of nitrogens with zero attached hydrogens (tertiary/aromatic N) is 4. The molecule has 1 aliphatic rings. The third kappa shape index (κ3) is 4.69. The third-order valence-electron chi connectivity index (χ3n) is 5.36. The number of benzene rings is 1. The minimum Gasteiger partial charge on any atom is -0.508 e. The van der Waals surface area contributed by atoms with Crippen LogP contribution in [0.4, 0.5) is 15.7 Å². The van der Waals surface area contributed by atoms with Gasteiger partial charge in [-0.1, -0.05) is 11.3 Å². The van der Waals surface area contributed by atoms with Gasteiger partial charge in [0.2, 0.25) is 0 Å². The summed E-state index contributed by atoms with van der Waals surface area (Å²) in [5, 5.41) is 41.8. The molecule has 5 N–H and O–H groups in total. The molecule has 3 aromatic rings. The van der Waals surface area contributed by atoms with Gasteiger partial charge < -0.3 is 30.2 Å². The Hall–Kier alpha value is -3.15. The Labute approximate surface area is 188 Å². The molecule has 1 aromatic carbocycles. The molecule has 0 aliphatic carbocycles. The van der Waals surface area contributed by atoms with Crippen LogP contribution in [0.2, 0.25) is 0 Å². The molecule has 0 bridgehead atoms. The molecule has 11 heteroatoms. The van der Waals surface area contributed by atoms with Gasteiger partial charge >= 0.3 is 6.03 Å². The monoisotopic (exact) mass is 459 g/mol. The van der Waals surface area contributed by atoms with E-state index in [-0.39, 0.29) is 36.6 Å². The maximum absolute atomic E-state index is 12.8. The number of amides is 2. The normalized spacial score (nSPS) is 17.5. The molecule has 1 saturated heterocycles. The molecule has 0 spiro atoms. The Morgan fingerprint density at radius 3 is 2.84 bits per heavy atom. The van der Waals surface area contributed by atoms with Crippen LogP contribution in [0.3, 0.4) is 0 Å². The maximum Gasteiger partial charge on any atom is 0.324 e. The van der Waals surface area contributed by atoms with Gasteiger partial charge in [0.15, 0.2) is 16.7 Å². The molecule has 0 unspecified atom stereocenters. The van der Waals surface area contributed by atoms with E-state index in [9.17, 15) is 20.1 Å². The number of urea groups is 1. The number of rotatable bonds is 5. The van der Waals surface area contributed by atoms with Gasteiger partial charge in [-0.2, -0.15) is 0 Å². The highest BCUT2D eigenvalue weighted by Gasteiger charge is 2.29. The number of aromatic hydroxyl groups is 2. The van der Waals surface area contributed by atoms with Gasteiger partial charge in [0.25, 0.3) is 0 Å². The number of hydrogen-bond donors (Lipinski definition) is 5. The van der Waals surface area contributed by atoms with E-state index < -0.39 is 6.10 Å². The molecule has 10 nitrogen and oxygen atoms in total. The number of hydrogen-bond acceptors (Lipinski definition) is 9. The van der Waals surface area contributed by atoms with E-state index in [1.807, 2.05) is 11.8 Å². The first kappa shape index (κ1) is 22.1. The van der Waals surface area contributed by atoms with E-state index in [4.69, 9.17) is 5.11 Å². The molecule has 2 atom stereocenters. The summed E-state index contributed by atoms with van der Waals surface area (Å²) in [5.41, 5.74) is 1.33. The molecule has 3 heterocycles. The number of pyridine rings is 1. The number of aliphatic hydroxyl groups excluding tert-OH is 2. The van der Waals surface area contributed by atoms with Crippen LogP contribution in [-0.2, 0) is 6.42 Å². The third-order valence-corrected chi connectivity index (χ3v) is 6.29. The molecule has 1 aliphatic heterocycles. The second-order valence-corrected chi connectivity index (χ2v) is 8.85. The Kier molecular flexibility index (Phi) is 6.31. The highest BCUT2D eigenvalue weighted by atomic mass is 32.1. The molecule has 170 valence electrons. The zero-order chi connectivity index (χ0) is 22.8. The van der Waals surface area contributed by atoms with Crippen LogP contribution in [0.25, 0.3) is 10.2 Å². The number of piperazine rings is 1. The van der Waals surface area contributed by atoms with Crippen LogP contribution in [-0.4, -0.2) is 79.7 Å². The number of anilines is 2. The van der Waals surface area contributed by atoms with Gasteiger partial charge in [-0.25, -0.2) is 14.8 Å².